The van der Waals surface area contributed by atoms with Gasteiger partial charge >= 0.3 is 0 Å². The number of nitrogens with zero attached hydrogens (tertiary/aromatic N) is 1. The molecule has 0 aliphatic heterocycles. The van der Waals surface area contributed by atoms with E-state index in [2.05, 4.69) is 23.9 Å². The van der Waals surface area contributed by atoms with Crippen LogP contribution < -0.4 is 0 Å². The smallest absolute Gasteiger partial charge is 0.115 e. The first-order valence-corrected chi connectivity index (χ1v) is 4.46. The zero-order valence-electron chi connectivity index (χ0n) is 7.79. The van der Waals surface area contributed by atoms with Crippen molar-refractivity contribution in [1.82, 2.24) is 4.98 Å². The largest absolute Gasteiger partial charge is 0.446 e. The molecule has 68 valence electrons. The predicted octanol–water partition coefficient (Wildman–Crippen LogP) is 2.21. The van der Waals surface area contributed by atoms with Crippen molar-refractivity contribution in [1.29, 1.82) is 0 Å². The lowest BCUT2D eigenvalue weighted by molar-refractivity contribution is 0.271. The van der Waals surface area contributed by atoms with E-state index in [4.69, 9.17) is 4.74 Å². The Morgan fingerprint density at radius 1 is 1.54 bits per heavy atom. The lowest BCUT2D eigenvalue weighted by Gasteiger charge is -1.92. The highest BCUT2D eigenvalue weighted by Crippen LogP contribution is 1.92. The summed E-state index contributed by atoms with van der Waals surface area (Å²) in [6.45, 7) is 2.83. The van der Waals surface area contributed by atoms with Gasteiger partial charge in [-0.3, -0.25) is 4.98 Å². The molecule has 0 aliphatic carbocycles. The molecule has 0 saturated carbocycles. The van der Waals surface area contributed by atoms with Gasteiger partial charge in [0.1, 0.15) is 12.7 Å². The molecule has 0 saturated heterocycles. The molecule has 1 heterocycles. The Kier molecular flexibility index (Phi) is 4.48. The van der Waals surface area contributed by atoms with Gasteiger partial charge in [-0.2, -0.15) is 0 Å². The van der Waals surface area contributed by atoms with Crippen molar-refractivity contribution in [2.45, 2.75) is 19.8 Å². The Labute approximate surface area is 79.0 Å². The molecular weight excluding hydrogens is 162 g/mol. The second kappa shape index (κ2) is 6.07. The van der Waals surface area contributed by atoms with E-state index in [1.807, 2.05) is 12.1 Å². The van der Waals surface area contributed by atoms with Crippen LogP contribution in [0.4, 0.5) is 0 Å². The van der Waals surface area contributed by atoms with Crippen LogP contribution in [-0.2, 0) is 4.74 Å². The number of hydrogen-bond donors (Lipinski definition) is 0. The molecule has 2 nitrogen and oxygen atoms in total. The maximum Gasteiger partial charge on any atom is 0.115 e. The monoisotopic (exact) mass is 175 g/mol. The zero-order chi connectivity index (χ0) is 9.36. The van der Waals surface area contributed by atoms with Crippen molar-refractivity contribution < 1.29 is 4.74 Å². The van der Waals surface area contributed by atoms with Crippen LogP contribution in [0.15, 0.2) is 24.5 Å². The highest BCUT2D eigenvalue weighted by Gasteiger charge is 1.83. The van der Waals surface area contributed by atoms with E-state index in [0.29, 0.717) is 6.61 Å². The lowest BCUT2D eigenvalue weighted by atomic mass is 10.3. The summed E-state index contributed by atoms with van der Waals surface area (Å²) in [5.41, 5.74) is 0.888. The Morgan fingerprint density at radius 3 is 3.15 bits per heavy atom. The van der Waals surface area contributed by atoms with Gasteiger partial charge in [0.2, 0.25) is 0 Å². The van der Waals surface area contributed by atoms with Crippen molar-refractivity contribution in [3.05, 3.63) is 30.1 Å². The Balaban J connectivity index is 2.31. The van der Waals surface area contributed by atoms with Crippen LogP contribution in [0.1, 0.15) is 25.3 Å². The van der Waals surface area contributed by atoms with Crippen LogP contribution >= 0.6 is 0 Å². The fourth-order valence-electron chi connectivity index (χ4n) is 0.799. The van der Waals surface area contributed by atoms with Gasteiger partial charge in [-0.1, -0.05) is 13.3 Å². The summed E-state index contributed by atoms with van der Waals surface area (Å²) in [4.78, 5) is 3.94. The molecule has 1 aromatic rings. The predicted molar refractivity (Wildman–Crippen MR) is 52.0 cm³/mol. The van der Waals surface area contributed by atoms with Crippen molar-refractivity contribution in [2.24, 2.45) is 0 Å². The Hall–Kier alpha value is -1.49. The average Bonchev–Trinajstić information content (AvgIpc) is 2.19. The fourth-order valence-corrected chi connectivity index (χ4v) is 0.799. The van der Waals surface area contributed by atoms with Gasteiger partial charge in [0.25, 0.3) is 0 Å². The maximum atomic E-state index is 5.09. The number of aromatic nitrogens is 1. The van der Waals surface area contributed by atoms with Crippen molar-refractivity contribution in [2.75, 3.05) is 6.61 Å². The summed E-state index contributed by atoms with van der Waals surface area (Å²) >= 11 is 0. The third-order valence-electron chi connectivity index (χ3n) is 1.53. The molecule has 0 radical (unpaired) electrons. The molecule has 2 heteroatoms. The minimum absolute atomic E-state index is 0.712. The fraction of sp³-hybridized carbons (Fsp3) is 0.364. The second-order valence-corrected chi connectivity index (χ2v) is 2.67. The molecule has 0 atom stereocenters. The van der Waals surface area contributed by atoms with Crippen molar-refractivity contribution in [3.8, 4) is 12.0 Å². The van der Waals surface area contributed by atoms with Gasteiger partial charge in [-0.25, -0.2) is 0 Å². The number of rotatable bonds is 3. The maximum absolute atomic E-state index is 5.09. The van der Waals surface area contributed by atoms with Crippen LogP contribution in [0.3, 0.4) is 0 Å². The van der Waals surface area contributed by atoms with E-state index >= 15 is 0 Å². The summed E-state index contributed by atoms with van der Waals surface area (Å²) in [5.74, 6) is 2.87. The molecule has 1 aromatic heterocycles. The molecular formula is C11H13NO. The van der Waals surface area contributed by atoms with E-state index in [0.717, 1.165) is 18.4 Å². The minimum atomic E-state index is 0.712. The van der Waals surface area contributed by atoms with Crippen LogP contribution in [0.2, 0.25) is 0 Å². The van der Waals surface area contributed by atoms with Crippen molar-refractivity contribution in [3.63, 3.8) is 0 Å². The molecule has 1 rings (SSSR count). The summed E-state index contributed by atoms with van der Waals surface area (Å²) in [6.07, 6.45) is 8.28. The molecule has 0 aromatic carbocycles. The number of pyridine rings is 1. The van der Waals surface area contributed by atoms with E-state index in [-0.39, 0.29) is 0 Å². The van der Waals surface area contributed by atoms with Crippen LogP contribution in [0, 0.1) is 12.0 Å². The highest BCUT2D eigenvalue weighted by molar-refractivity contribution is 5.29. The number of hydrogen-bond acceptors (Lipinski definition) is 2. The van der Waals surface area contributed by atoms with Gasteiger partial charge in [0, 0.05) is 18.0 Å². The molecule has 0 spiro atoms. The summed E-state index contributed by atoms with van der Waals surface area (Å²) < 4.78 is 5.09. The first kappa shape index (κ1) is 9.60. The van der Waals surface area contributed by atoms with Gasteiger partial charge < -0.3 is 4.74 Å². The van der Waals surface area contributed by atoms with E-state index in [1.165, 1.54) is 0 Å². The zero-order valence-corrected chi connectivity index (χ0v) is 7.79. The summed E-state index contributed by atoms with van der Waals surface area (Å²) in [7, 11) is 0. The Morgan fingerprint density at radius 2 is 2.46 bits per heavy atom. The third-order valence-corrected chi connectivity index (χ3v) is 1.53. The van der Waals surface area contributed by atoms with E-state index in [9.17, 15) is 0 Å². The molecule has 0 amide bonds. The van der Waals surface area contributed by atoms with E-state index < -0.39 is 0 Å². The van der Waals surface area contributed by atoms with Gasteiger partial charge in [-0.05, 0) is 24.5 Å². The van der Waals surface area contributed by atoms with Crippen LogP contribution in [0.5, 0.6) is 0 Å². The number of unbranched alkanes of at least 4 members (excludes halogenated alkanes) is 1. The van der Waals surface area contributed by atoms with Crippen LogP contribution in [-0.4, -0.2) is 11.6 Å². The molecule has 0 unspecified atom stereocenters. The summed E-state index contributed by atoms with van der Waals surface area (Å²) in [6, 6.07) is 3.76. The lowest BCUT2D eigenvalue weighted by Crippen LogP contribution is -1.85. The molecule has 0 fully saturated rings. The standard InChI is InChI=1S/C11H13NO/c1-2-3-8-13-9-6-11-5-4-7-12-10-11/h4-5,7,10H,2-3,8H2,1H3. The van der Waals surface area contributed by atoms with Crippen LogP contribution in [0.25, 0.3) is 0 Å². The van der Waals surface area contributed by atoms with Gasteiger partial charge in [0.15, 0.2) is 0 Å². The first-order chi connectivity index (χ1) is 6.43. The SMILES string of the molecule is CCCCOC#Cc1cccnc1. The quantitative estimate of drug-likeness (QED) is 0.519. The molecule has 13 heavy (non-hydrogen) atoms. The van der Waals surface area contributed by atoms with Crippen molar-refractivity contribution >= 4 is 0 Å². The second-order valence-electron chi connectivity index (χ2n) is 2.67. The van der Waals surface area contributed by atoms with Gasteiger partial charge in [-0.15, -0.1) is 0 Å². The first-order valence-electron chi connectivity index (χ1n) is 4.46. The summed E-state index contributed by atoms with van der Waals surface area (Å²) in [5, 5.41) is 0. The molecule has 0 aliphatic rings. The topological polar surface area (TPSA) is 22.1 Å². The third kappa shape index (κ3) is 4.17. The van der Waals surface area contributed by atoms with E-state index in [1.54, 1.807) is 12.4 Å². The van der Waals surface area contributed by atoms with Gasteiger partial charge in [0.05, 0.1) is 0 Å². The number of ether oxygens (including phenoxy) is 1. The minimum Gasteiger partial charge on any atom is -0.446 e. The molecule has 0 bridgehead atoms. The normalized spacial score (nSPS) is 8.69. The highest BCUT2D eigenvalue weighted by atomic mass is 16.5. The Bertz CT molecular complexity index is 284. The average molecular weight is 175 g/mol. The molecule has 0 N–H and O–H groups in total.